The average molecular weight is 462 g/mol. The van der Waals surface area contributed by atoms with Crippen molar-refractivity contribution >= 4 is 23.3 Å². The minimum Gasteiger partial charge on any atom is -0.497 e. The first-order valence-corrected chi connectivity index (χ1v) is 10.9. The third-order valence-corrected chi connectivity index (χ3v) is 6.46. The molecule has 1 saturated heterocycles. The van der Waals surface area contributed by atoms with Crippen LogP contribution in [0.1, 0.15) is 18.2 Å². The Morgan fingerprint density at radius 1 is 1.15 bits per heavy atom. The summed E-state index contributed by atoms with van der Waals surface area (Å²) in [6.45, 7) is 1.77. The number of tetrazole rings is 1. The van der Waals surface area contributed by atoms with Gasteiger partial charge in [0.2, 0.25) is 0 Å². The maximum atomic E-state index is 13.3. The van der Waals surface area contributed by atoms with Crippen molar-refractivity contribution in [3.63, 3.8) is 0 Å². The number of aromatic nitrogens is 5. The van der Waals surface area contributed by atoms with Gasteiger partial charge < -0.3 is 10.1 Å². The number of hydrogen-bond donors (Lipinski definition) is 1. The fourth-order valence-electron chi connectivity index (χ4n) is 3.68. The Bertz CT molecular complexity index is 1320. The third kappa shape index (κ3) is 3.72. The van der Waals surface area contributed by atoms with Gasteiger partial charge in [0.15, 0.2) is 0 Å². The minimum atomic E-state index is -1.21. The van der Waals surface area contributed by atoms with Crippen LogP contribution in [0.2, 0.25) is 0 Å². The number of ether oxygens (including phenoxy) is 1. The molecular formula is C22H19N7O3S. The lowest BCUT2D eigenvalue weighted by Crippen LogP contribution is -2.40. The van der Waals surface area contributed by atoms with Crippen molar-refractivity contribution in [3.05, 3.63) is 71.5 Å². The summed E-state index contributed by atoms with van der Waals surface area (Å²) in [6, 6.07) is 14.3. The number of nitrogens with zero attached hydrogens (tertiary/aromatic N) is 6. The van der Waals surface area contributed by atoms with Crippen molar-refractivity contribution < 1.29 is 14.3 Å². The summed E-state index contributed by atoms with van der Waals surface area (Å²) < 4.78 is 6.68. The van der Waals surface area contributed by atoms with Crippen molar-refractivity contribution in [1.82, 2.24) is 35.4 Å². The van der Waals surface area contributed by atoms with Crippen LogP contribution >= 0.6 is 11.3 Å². The fourth-order valence-corrected chi connectivity index (χ4v) is 4.50. The van der Waals surface area contributed by atoms with Gasteiger partial charge in [-0.2, -0.15) is 0 Å². The normalized spacial score (nSPS) is 17.9. The van der Waals surface area contributed by atoms with E-state index in [4.69, 9.17) is 4.74 Å². The van der Waals surface area contributed by atoms with E-state index in [1.807, 2.05) is 35.7 Å². The first kappa shape index (κ1) is 20.8. The van der Waals surface area contributed by atoms with Gasteiger partial charge in [-0.3, -0.25) is 9.69 Å². The van der Waals surface area contributed by atoms with Crippen LogP contribution < -0.4 is 10.1 Å². The van der Waals surface area contributed by atoms with E-state index in [1.165, 1.54) is 27.2 Å². The fraction of sp³-hybridized carbons (Fsp3) is 0.182. The molecular weight excluding hydrogens is 442 g/mol. The van der Waals surface area contributed by atoms with Gasteiger partial charge in [-0.25, -0.2) is 14.5 Å². The molecule has 0 unspecified atom stereocenters. The van der Waals surface area contributed by atoms with Gasteiger partial charge in [0.05, 0.1) is 25.0 Å². The standard InChI is InChI=1S/C22H19N7O3S/c1-22(15-4-3-5-17(10-15)29-13-23-26-27-29)20(30)28(21(31)25-22)11-16-12-33-19(24-16)14-6-8-18(32-2)9-7-14/h3-10,12-13H,11H2,1-2H3,(H,25,31)/t22-/m0/s1. The monoisotopic (exact) mass is 461 g/mol. The van der Waals surface area contributed by atoms with E-state index in [1.54, 1.807) is 32.2 Å². The Kier molecular flexibility index (Phi) is 5.09. The number of hydrogen-bond acceptors (Lipinski definition) is 8. The van der Waals surface area contributed by atoms with E-state index in [0.29, 0.717) is 16.9 Å². The number of nitrogens with one attached hydrogen (secondary N) is 1. The molecule has 0 radical (unpaired) electrons. The maximum absolute atomic E-state index is 13.3. The molecule has 0 spiro atoms. The van der Waals surface area contributed by atoms with Crippen molar-refractivity contribution in [3.8, 4) is 22.0 Å². The molecule has 2 aromatic heterocycles. The molecule has 33 heavy (non-hydrogen) atoms. The van der Waals surface area contributed by atoms with E-state index in [0.717, 1.165) is 16.3 Å². The van der Waals surface area contributed by atoms with Crippen LogP contribution in [0.5, 0.6) is 5.75 Å². The quantitative estimate of drug-likeness (QED) is 0.439. The molecule has 3 amide bonds. The lowest BCUT2D eigenvalue weighted by molar-refractivity contribution is -0.131. The Morgan fingerprint density at radius 2 is 1.97 bits per heavy atom. The van der Waals surface area contributed by atoms with Gasteiger partial charge in [-0.05, 0) is 59.3 Å². The van der Waals surface area contributed by atoms with Gasteiger partial charge in [0, 0.05) is 10.9 Å². The highest BCUT2D eigenvalue weighted by molar-refractivity contribution is 7.13. The number of carbonyl (C=O) groups excluding carboxylic acids is 2. The molecule has 0 aliphatic carbocycles. The highest BCUT2D eigenvalue weighted by atomic mass is 32.1. The lowest BCUT2D eigenvalue weighted by atomic mass is 9.91. The van der Waals surface area contributed by atoms with Crippen LogP contribution in [0.4, 0.5) is 4.79 Å². The first-order chi connectivity index (χ1) is 16.0. The molecule has 1 aliphatic rings. The Labute approximate surface area is 192 Å². The summed E-state index contributed by atoms with van der Waals surface area (Å²) in [4.78, 5) is 31.9. The summed E-state index contributed by atoms with van der Waals surface area (Å²) in [5, 5.41) is 16.6. The lowest BCUT2D eigenvalue weighted by Gasteiger charge is -2.22. The van der Waals surface area contributed by atoms with Crippen LogP contribution in [0, 0.1) is 0 Å². The molecule has 1 atom stereocenters. The Balaban J connectivity index is 1.37. The minimum absolute atomic E-state index is 0.0829. The van der Waals surface area contributed by atoms with Gasteiger partial charge in [0.25, 0.3) is 5.91 Å². The predicted molar refractivity (Wildman–Crippen MR) is 120 cm³/mol. The maximum Gasteiger partial charge on any atom is 0.325 e. The summed E-state index contributed by atoms with van der Waals surface area (Å²) >= 11 is 1.46. The van der Waals surface area contributed by atoms with E-state index in [-0.39, 0.29) is 12.5 Å². The van der Waals surface area contributed by atoms with E-state index >= 15 is 0 Å². The summed E-state index contributed by atoms with van der Waals surface area (Å²) in [5.74, 6) is 0.415. The zero-order chi connectivity index (χ0) is 23.0. The smallest absolute Gasteiger partial charge is 0.325 e. The van der Waals surface area contributed by atoms with Crippen LogP contribution in [-0.4, -0.2) is 49.1 Å². The SMILES string of the molecule is COc1ccc(-c2nc(CN3C(=O)N[C@@](C)(c4cccc(-n5cnnn5)c4)C3=O)cs2)cc1. The largest absolute Gasteiger partial charge is 0.497 e. The Morgan fingerprint density at radius 3 is 2.70 bits per heavy atom. The number of rotatable bonds is 6. The summed E-state index contributed by atoms with van der Waals surface area (Å²) in [6.07, 6.45) is 1.46. The molecule has 11 heteroatoms. The van der Waals surface area contributed by atoms with E-state index in [2.05, 4.69) is 25.8 Å². The second kappa shape index (κ2) is 8.10. The van der Waals surface area contributed by atoms with Gasteiger partial charge >= 0.3 is 6.03 Å². The first-order valence-electron chi connectivity index (χ1n) is 10.0. The number of carbonyl (C=O) groups is 2. The topological polar surface area (TPSA) is 115 Å². The number of amides is 3. The number of imide groups is 1. The molecule has 4 aromatic rings. The van der Waals surface area contributed by atoms with Crippen molar-refractivity contribution in [2.24, 2.45) is 0 Å². The molecule has 0 bridgehead atoms. The van der Waals surface area contributed by atoms with Crippen molar-refractivity contribution in [2.75, 3.05) is 7.11 Å². The molecule has 0 saturated carbocycles. The molecule has 5 rings (SSSR count). The molecule has 166 valence electrons. The van der Waals surface area contributed by atoms with Crippen LogP contribution in [0.25, 0.3) is 16.3 Å². The van der Waals surface area contributed by atoms with Gasteiger partial charge in [-0.1, -0.05) is 12.1 Å². The van der Waals surface area contributed by atoms with Crippen molar-refractivity contribution in [2.45, 2.75) is 19.0 Å². The molecule has 10 nitrogen and oxygen atoms in total. The number of thiazole rings is 1. The molecule has 2 aromatic carbocycles. The highest BCUT2D eigenvalue weighted by Gasteiger charge is 2.49. The second-order valence-electron chi connectivity index (χ2n) is 7.62. The van der Waals surface area contributed by atoms with Crippen molar-refractivity contribution in [1.29, 1.82) is 0 Å². The zero-order valence-electron chi connectivity index (χ0n) is 17.8. The predicted octanol–water partition coefficient (Wildman–Crippen LogP) is 2.76. The second-order valence-corrected chi connectivity index (χ2v) is 8.48. The van der Waals surface area contributed by atoms with Crippen LogP contribution in [0.15, 0.2) is 60.2 Å². The zero-order valence-corrected chi connectivity index (χ0v) is 18.6. The van der Waals surface area contributed by atoms with Crippen LogP contribution in [-0.2, 0) is 16.9 Å². The molecule has 3 heterocycles. The number of benzene rings is 2. The number of urea groups is 1. The third-order valence-electron chi connectivity index (χ3n) is 5.52. The molecule has 1 fully saturated rings. The van der Waals surface area contributed by atoms with Crippen LogP contribution in [0.3, 0.4) is 0 Å². The molecule has 1 N–H and O–H groups in total. The van der Waals surface area contributed by atoms with E-state index in [9.17, 15) is 9.59 Å². The summed E-state index contributed by atoms with van der Waals surface area (Å²) in [5.41, 5.74) is 1.68. The van der Waals surface area contributed by atoms with Gasteiger partial charge in [-0.15, -0.1) is 16.4 Å². The number of methoxy groups -OCH3 is 1. The van der Waals surface area contributed by atoms with Gasteiger partial charge in [0.1, 0.15) is 22.6 Å². The summed E-state index contributed by atoms with van der Waals surface area (Å²) in [7, 11) is 1.62. The Hall–Kier alpha value is -4.12. The molecule has 1 aliphatic heterocycles. The van der Waals surface area contributed by atoms with E-state index < -0.39 is 11.6 Å². The highest BCUT2D eigenvalue weighted by Crippen LogP contribution is 2.32. The average Bonchev–Trinajstić information content (AvgIpc) is 3.58.